The number of ether oxygens (including phenoxy) is 3. The fraction of sp³-hybridized carbons (Fsp3) is 0.929. The first-order chi connectivity index (χ1) is 9.20. The Hall–Kier alpha value is -0.650. The number of hydrogen-bond acceptors (Lipinski definition) is 4. The van der Waals surface area contributed by atoms with Crippen molar-refractivity contribution < 1.29 is 19.0 Å². The number of hydrogen-bond donors (Lipinski definition) is 0. The van der Waals surface area contributed by atoms with E-state index in [1.54, 1.807) is 0 Å². The van der Waals surface area contributed by atoms with Gasteiger partial charge in [-0.2, -0.15) is 0 Å². The molecule has 0 atom stereocenters. The van der Waals surface area contributed by atoms with Crippen LogP contribution in [0.25, 0.3) is 0 Å². The molecule has 1 saturated carbocycles. The normalized spacial score (nSPS) is 29.9. The lowest BCUT2D eigenvalue weighted by molar-refractivity contribution is -0.197. The van der Waals surface area contributed by atoms with Crippen LogP contribution in [0.5, 0.6) is 0 Å². The van der Waals surface area contributed by atoms with Gasteiger partial charge in [0.2, 0.25) is 0 Å². The third-order valence-corrected chi connectivity index (χ3v) is 4.43. The molecule has 1 amide bonds. The molecule has 0 bridgehead atoms. The summed E-state index contributed by atoms with van der Waals surface area (Å²) < 4.78 is 17.4. The van der Waals surface area contributed by atoms with Gasteiger partial charge < -0.3 is 19.1 Å². The molecular weight excluding hydrogens is 246 g/mol. The zero-order chi connectivity index (χ0) is 13.3. The second-order valence-electron chi connectivity index (χ2n) is 5.82. The van der Waals surface area contributed by atoms with Gasteiger partial charge in [-0.1, -0.05) is 0 Å². The smallest absolute Gasteiger partial charge is 0.254 e. The topological polar surface area (TPSA) is 48.0 Å². The minimum Gasteiger partial charge on any atom is -0.379 e. The predicted molar refractivity (Wildman–Crippen MR) is 68.9 cm³/mol. The molecule has 5 nitrogen and oxygen atoms in total. The van der Waals surface area contributed by atoms with Gasteiger partial charge in [0.05, 0.1) is 18.8 Å². The van der Waals surface area contributed by atoms with Crippen LogP contribution in [0.15, 0.2) is 0 Å². The second kappa shape index (κ2) is 5.04. The predicted octanol–water partition coefficient (Wildman–Crippen LogP) is 0.963. The summed E-state index contributed by atoms with van der Waals surface area (Å²) in [7, 11) is 0. The standard InChI is InChI=1S/C14H23NO4/c1-2-15-11-13(19-14(3-4-14)12(15)16)5-7-17-9-10-18-8-6-13/h2-11H2,1H3. The summed E-state index contributed by atoms with van der Waals surface area (Å²) in [4.78, 5) is 14.3. The maximum atomic E-state index is 12.3. The van der Waals surface area contributed by atoms with Crippen LogP contribution >= 0.6 is 0 Å². The summed E-state index contributed by atoms with van der Waals surface area (Å²) in [6.45, 7) is 6.14. The Morgan fingerprint density at radius 2 is 1.68 bits per heavy atom. The van der Waals surface area contributed by atoms with E-state index in [9.17, 15) is 4.79 Å². The minimum atomic E-state index is -0.512. The molecule has 0 radical (unpaired) electrons. The quantitative estimate of drug-likeness (QED) is 0.711. The molecule has 0 aromatic carbocycles. The van der Waals surface area contributed by atoms with E-state index in [4.69, 9.17) is 14.2 Å². The highest BCUT2D eigenvalue weighted by Crippen LogP contribution is 2.49. The van der Waals surface area contributed by atoms with Crippen LogP contribution in [-0.4, -0.2) is 61.5 Å². The average molecular weight is 269 g/mol. The molecule has 2 saturated heterocycles. The molecule has 2 aliphatic heterocycles. The van der Waals surface area contributed by atoms with Gasteiger partial charge in [0.25, 0.3) is 5.91 Å². The number of nitrogens with zero attached hydrogens (tertiary/aromatic N) is 1. The molecule has 2 heterocycles. The van der Waals surface area contributed by atoms with Crippen molar-refractivity contribution in [3.63, 3.8) is 0 Å². The van der Waals surface area contributed by atoms with Crippen molar-refractivity contribution in [3.8, 4) is 0 Å². The first-order valence-electron chi connectivity index (χ1n) is 7.35. The van der Waals surface area contributed by atoms with Crippen LogP contribution in [-0.2, 0) is 19.0 Å². The third kappa shape index (κ3) is 2.51. The van der Waals surface area contributed by atoms with Gasteiger partial charge >= 0.3 is 0 Å². The van der Waals surface area contributed by atoms with Crippen molar-refractivity contribution in [2.75, 3.05) is 39.5 Å². The zero-order valence-corrected chi connectivity index (χ0v) is 11.7. The lowest BCUT2D eigenvalue weighted by atomic mass is 9.92. The molecule has 108 valence electrons. The van der Waals surface area contributed by atoms with Gasteiger partial charge in [0.1, 0.15) is 5.60 Å². The van der Waals surface area contributed by atoms with Crippen LogP contribution in [0, 0.1) is 0 Å². The summed E-state index contributed by atoms with van der Waals surface area (Å²) in [5, 5.41) is 0. The summed E-state index contributed by atoms with van der Waals surface area (Å²) in [6.07, 6.45) is 3.43. The Kier molecular flexibility index (Phi) is 3.53. The molecule has 0 aromatic heterocycles. The monoisotopic (exact) mass is 269 g/mol. The van der Waals surface area contributed by atoms with Crippen LogP contribution in [0.2, 0.25) is 0 Å². The Morgan fingerprint density at radius 1 is 1.05 bits per heavy atom. The highest BCUT2D eigenvalue weighted by molar-refractivity contribution is 5.89. The average Bonchev–Trinajstić information content (AvgIpc) is 3.15. The van der Waals surface area contributed by atoms with Crippen LogP contribution in [0.4, 0.5) is 0 Å². The highest BCUT2D eigenvalue weighted by Gasteiger charge is 2.60. The van der Waals surface area contributed by atoms with Crippen molar-refractivity contribution in [2.24, 2.45) is 0 Å². The van der Waals surface area contributed by atoms with Crippen molar-refractivity contribution >= 4 is 5.91 Å². The molecular formula is C14H23NO4. The third-order valence-electron chi connectivity index (χ3n) is 4.43. The SMILES string of the molecule is CCN1CC2(CCOCCOCC2)OC2(CC2)C1=O. The fourth-order valence-electron chi connectivity index (χ4n) is 3.11. The molecule has 19 heavy (non-hydrogen) atoms. The number of morpholine rings is 1. The maximum Gasteiger partial charge on any atom is 0.254 e. The molecule has 0 unspecified atom stereocenters. The summed E-state index contributed by atoms with van der Waals surface area (Å²) >= 11 is 0. The highest BCUT2D eigenvalue weighted by atomic mass is 16.6. The van der Waals surface area contributed by atoms with E-state index in [2.05, 4.69) is 0 Å². The van der Waals surface area contributed by atoms with Gasteiger partial charge in [-0.25, -0.2) is 0 Å². The summed E-state index contributed by atoms with van der Waals surface area (Å²) in [5.74, 6) is 0.183. The largest absolute Gasteiger partial charge is 0.379 e. The lowest BCUT2D eigenvalue weighted by Crippen LogP contribution is -2.60. The van der Waals surface area contributed by atoms with Crippen molar-refractivity contribution in [1.82, 2.24) is 4.90 Å². The Balaban J connectivity index is 1.78. The first-order valence-corrected chi connectivity index (χ1v) is 7.35. The van der Waals surface area contributed by atoms with E-state index in [0.717, 1.165) is 32.2 Å². The van der Waals surface area contributed by atoms with Gasteiger partial charge in [-0.3, -0.25) is 4.79 Å². The number of likely N-dealkylation sites (N-methyl/N-ethyl adjacent to an activating group) is 1. The first kappa shape index (κ1) is 13.3. The van der Waals surface area contributed by atoms with Gasteiger partial charge in [-0.05, 0) is 19.8 Å². The van der Waals surface area contributed by atoms with Gasteiger partial charge in [-0.15, -0.1) is 0 Å². The molecule has 5 heteroatoms. The molecule has 3 rings (SSSR count). The van der Waals surface area contributed by atoms with Crippen LogP contribution in [0.3, 0.4) is 0 Å². The Morgan fingerprint density at radius 3 is 2.21 bits per heavy atom. The zero-order valence-electron chi connectivity index (χ0n) is 11.7. The van der Waals surface area contributed by atoms with E-state index in [1.165, 1.54) is 0 Å². The Labute approximate surface area is 114 Å². The molecule has 1 aliphatic carbocycles. The van der Waals surface area contributed by atoms with E-state index in [1.807, 2.05) is 11.8 Å². The molecule has 3 aliphatic rings. The number of carbonyl (C=O) groups excluding carboxylic acids is 1. The van der Waals surface area contributed by atoms with Crippen molar-refractivity contribution in [1.29, 1.82) is 0 Å². The van der Waals surface area contributed by atoms with Gasteiger partial charge in [0.15, 0.2) is 0 Å². The summed E-state index contributed by atoms with van der Waals surface area (Å²) in [6, 6.07) is 0. The maximum absolute atomic E-state index is 12.3. The number of carbonyl (C=O) groups is 1. The molecule has 0 aromatic rings. The molecule has 2 spiro atoms. The lowest BCUT2D eigenvalue weighted by Gasteiger charge is -2.46. The van der Waals surface area contributed by atoms with E-state index < -0.39 is 5.60 Å². The van der Waals surface area contributed by atoms with E-state index >= 15 is 0 Å². The second-order valence-corrected chi connectivity index (χ2v) is 5.82. The Bertz CT molecular complexity index is 343. The number of rotatable bonds is 1. The molecule has 0 N–H and O–H groups in total. The van der Waals surface area contributed by atoms with Crippen molar-refractivity contribution in [2.45, 2.75) is 43.8 Å². The van der Waals surface area contributed by atoms with Gasteiger partial charge in [0, 0.05) is 39.1 Å². The van der Waals surface area contributed by atoms with Crippen LogP contribution in [0.1, 0.15) is 32.6 Å². The fourth-order valence-corrected chi connectivity index (χ4v) is 3.11. The van der Waals surface area contributed by atoms with E-state index in [0.29, 0.717) is 33.0 Å². The minimum absolute atomic E-state index is 0.183. The molecule has 3 fully saturated rings. The van der Waals surface area contributed by atoms with Crippen molar-refractivity contribution in [3.05, 3.63) is 0 Å². The van der Waals surface area contributed by atoms with Crippen LogP contribution < -0.4 is 0 Å². The number of amides is 1. The summed E-state index contributed by atoms with van der Waals surface area (Å²) in [5.41, 5.74) is -0.785. The van der Waals surface area contributed by atoms with E-state index in [-0.39, 0.29) is 11.5 Å².